The van der Waals surface area contributed by atoms with Crippen LogP contribution in [0.25, 0.3) is 0 Å². The lowest BCUT2D eigenvalue weighted by Crippen LogP contribution is -2.46. The summed E-state index contributed by atoms with van der Waals surface area (Å²) in [4.78, 5) is 0. The molecule has 1 aliphatic heterocycles. The van der Waals surface area contributed by atoms with E-state index in [-0.39, 0.29) is 0 Å². The molecular weight excluding hydrogens is 218 g/mol. The van der Waals surface area contributed by atoms with E-state index in [1.165, 1.54) is 101 Å². The van der Waals surface area contributed by atoms with E-state index in [0.717, 1.165) is 0 Å². The van der Waals surface area contributed by atoms with Crippen molar-refractivity contribution < 1.29 is 4.48 Å². The van der Waals surface area contributed by atoms with Gasteiger partial charge in [-0.1, -0.05) is 46.0 Å². The minimum Gasteiger partial charge on any atom is -0.324 e. The quantitative estimate of drug-likeness (QED) is 0.353. The molecule has 1 fully saturated rings. The van der Waals surface area contributed by atoms with Crippen LogP contribution in [-0.2, 0) is 0 Å². The van der Waals surface area contributed by atoms with Gasteiger partial charge < -0.3 is 4.48 Å². The van der Waals surface area contributed by atoms with E-state index in [1.54, 1.807) is 0 Å². The highest BCUT2D eigenvalue weighted by molar-refractivity contribution is 4.56. The summed E-state index contributed by atoms with van der Waals surface area (Å²) in [7, 11) is 0. The number of hydrogen-bond donors (Lipinski definition) is 0. The van der Waals surface area contributed by atoms with Gasteiger partial charge in [-0.15, -0.1) is 0 Å². The van der Waals surface area contributed by atoms with Gasteiger partial charge >= 0.3 is 0 Å². The first-order valence-electron chi connectivity index (χ1n) is 8.68. The van der Waals surface area contributed by atoms with E-state index in [4.69, 9.17) is 0 Å². The van der Waals surface area contributed by atoms with Crippen LogP contribution in [0.5, 0.6) is 0 Å². The van der Waals surface area contributed by atoms with Gasteiger partial charge in [-0.3, -0.25) is 0 Å². The van der Waals surface area contributed by atoms with Gasteiger partial charge in [0.1, 0.15) is 0 Å². The molecule has 1 aliphatic rings. The van der Waals surface area contributed by atoms with E-state index in [2.05, 4.69) is 13.8 Å². The average molecular weight is 254 g/mol. The summed E-state index contributed by atoms with van der Waals surface area (Å²) in [6.45, 7) is 10.6. The van der Waals surface area contributed by atoms with Crippen LogP contribution in [-0.4, -0.2) is 30.7 Å². The average Bonchev–Trinajstić information content (AvgIpc) is 2.83. The summed E-state index contributed by atoms with van der Waals surface area (Å²) in [5.74, 6) is 0. The van der Waals surface area contributed by atoms with Crippen molar-refractivity contribution in [3.05, 3.63) is 0 Å². The van der Waals surface area contributed by atoms with Gasteiger partial charge in [-0.25, -0.2) is 0 Å². The van der Waals surface area contributed by atoms with Crippen LogP contribution in [0.4, 0.5) is 0 Å². The van der Waals surface area contributed by atoms with Gasteiger partial charge in [0.05, 0.1) is 26.2 Å². The lowest BCUT2D eigenvalue weighted by atomic mass is 10.1. The Morgan fingerprint density at radius 1 is 0.611 bits per heavy atom. The largest absolute Gasteiger partial charge is 0.324 e. The lowest BCUT2D eigenvalue weighted by molar-refractivity contribution is -0.917. The van der Waals surface area contributed by atoms with Gasteiger partial charge in [0.25, 0.3) is 0 Å². The Kier molecular flexibility index (Phi) is 8.75. The fourth-order valence-corrected chi connectivity index (χ4v) is 3.49. The molecule has 18 heavy (non-hydrogen) atoms. The zero-order valence-corrected chi connectivity index (χ0v) is 13.1. The second-order valence-electron chi connectivity index (χ2n) is 6.42. The van der Waals surface area contributed by atoms with Crippen LogP contribution in [0.1, 0.15) is 84.5 Å². The molecule has 0 N–H and O–H groups in total. The van der Waals surface area contributed by atoms with Crippen molar-refractivity contribution in [1.29, 1.82) is 0 Å². The minimum absolute atomic E-state index is 1.37. The molecule has 0 radical (unpaired) electrons. The van der Waals surface area contributed by atoms with E-state index in [0.29, 0.717) is 0 Å². The molecule has 0 aromatic rings. The van der Waals surface area contributed by atoms with E-state index >= 15 is 0 Å². The summed E-state index contributed by atoms with van der Waals surface area (Å²) in [5.41, 5.74) is 0. The number of likely N-dealkylation sites (tertiary alicyclic amines) is 1. The summed E-state index contributed by atoms with van der Waals surface area (Å²) in [6.07, 6.45) is 16.0. The second-order valence-corrected chi connectivity index (χ2v) is 6.42. The molecule has 0 aromatic heterocycles. The molecule has 0 aromatic carbocycles. The Morgan fingerprint density at radius 3 is 1.67 bits per heavy atom. The highest BCUT2D eigenvalue weighted by Gasteiger charge is 2.30. The number of nitrogens with zero attached hydrogens (tertiary/aromatic N) is 1. The van der Waals surface area contributed by atoms with Gasteiger partial charge in [-0.05, 0) is 25.7 Å². The molecule has 0 amide bonds. The van der Waals surface area contributed by atoms with Crippen molar-refractivity contribution in [3.63, 3.8) is 0 Å². The predicted octanol–water partition coefficient (Wildman–Crippen LogP) is 5.15. The Morgan fingerprint density at radius 2 is 1.06 bits per heavy atom. The van der Waals surface area contributed by atoms with Gasteiger partial charge in [0.15, 0.2) is 0 Å². The van der Waals surface area contributed by atoms with E-state index in [9.17, 15) is 0 Å². The molecule has 1 nitrogen and oxygen atoms in total. The van der Waals surface area contributed by atoms with Crippen molar-refractivity contribution in [2.75, 3.05) is 26.2 Å². The molecule has 0 aliphatic carbocycles. The summed E-state index contributed by atoms with van der Waals surface area (Å²) < 4.78 is 1.48. The number of unbranched alkanes of at least 4 members (excludes halogenated alkanes) is 7. The third-order valence-corrected chi connectivity index (χ3v) is 4.74. The van der Waals surface area contributed by atoms with Crippen molar-refractivity contribution >= 4 is 0 Å². The van der Waals surface area contributed by atoms with Crippen LogP contribution in [0.3, 0.4) is 0 Å². The predicted molar refractivity (Wildman–Crippen MR) is 81.9 cm³/mol. The first-order chi connectivity index (χ1) is 8.83. The van der Waals surface area contributed by atoms with Crippen molar-refractivity contribution in [2.45, 2.75) is 84.5 Å². The van der Waals surface area contributed by atoms with E-state index < -0.39 is 0 Å². The Hall–Kier alpha value is -0.0400. The van der Waals surface area contributed by atoms with Crippen molar-refractivity contribution in [3.8, 4) is 0 Å². The summed E-state index contributed by atoms with van der Waals surface area (Å²) >= 11 is 0. The molecule has 0 saturated carbocycles. The standard InChI is InChI=1S/C17H36N/c1-3-5-7-8-9-11-15-18(14-10-6-4-2)16-12-13-17-18/h3-17H2,1-2H3/q+1. The maximum Gasteiger partial charge on any atom is 0.0788 e. The molecule has 0 unspecified atom stereocenters. The number of hydrogen-bond acceptors (Lipinski definition) is 0. The molecule has 1 heterocycles. The maximum absolute atomic E-state index is 2.32. The molecular formula is C17H36N+. The minimum atomic E-state index is 1.37. The summed E-state index contributed by atoms with van der Waals surface area (Å²) in [5, 5.41) is 0. The second kappa shape index (κ2) is 9.83. The van der Waals surface area contributed by atoms with Gasteiger partial charge in [-0.2, -0.15) is 0 Å². The fourth-order valence-electron chi connectivity index (χ4n) is 3.49. The zero-order valence-electron chi connectivity index (χ0n) is 13.1. The fraction of sp³-hybridized carbons (Fsp3) is 1.00. The first kappa shape index (κ1) is 16.0. The first-order valence-corrected chi connectivity index (χ1v) is 8.68. The lowest BCUT2D eigenvalue weighted by Gasteiger charge is -2.34. The number of quaternary nitrogens is 1. The van der Waals surface area contributed by atoms with Crippen molar-refractivity contribution in [1.82, 2.24) is 0 Å². The normalized spacial score (nSPS) is 18.3. The Balaban J connectivity index is 2.13. The monoisotopic (exact) mass is 254 g/mol. The third-order valence-electron chi connectivity index (χ3n) is 4.74. The highest BCUT2D eigenvalue weighted by atomic mass is 15.4. The SMILES string of the molecule is CCCCCCCC[N+]1(CCCCC)CCCC1. The van der Waals surface area contributed by atoms with Crippen LogP contribution in [0.2, 0.25) is 0 Å². The van der Waals surface area contributed by atoms with Crippen LogP contribution in [0, 0.1) is 0 Å². The Bertz CT molecular complexity index is 182. The molecule has 108 valence electrons. The van der Waals surface area contributed by atoms with Gasteiger partial charge in [0.2, 0.25) is 0 Å². The molecule has 0 atom stereocenters. The topological polar surface area (TPSA) is 0 Å². The molecule has 1 rings (SSSR count). The van der Waals surface area contributed by atoms with Crippen LogP contribution in [0.15, 0.2) is 0 Å². The number of rotatable bonds is 11. The molecule has 1 saturated heterocycles. The molecule has 0 bridgehead atoms. The van der Waals surface area contributed by atoms with Gasteiger partial charge in [0, 0.05) is 12.8 Å². The van der Waals surface area contributed by atoms with Crippen molar-refractivity contribution in [2.24, 2.45) is 0 Å². The van der Waals surface area contributed by atoms with E-state index in [1.807, 2.05) is 0 Å². The maximum atomic E-state index is 2.32. The van der Waals surface area contributed by atoms with Crippen LogP contribution >= 0.6 is 0 Å². The molecule has 0 spiro atoms. The Labute approximate surface area is 116 Å². The third kappa shape index (κ3) is 6.22. The summed E-state index contributed by atoms with van der Waals surface area (Å²) in [6, 6.07) is 0. The zero-order chi connectivity index (χ0) is 13.1. The smallest absolute Gasteiger partial charge is 0.0788 e. The van der Waals surface area contributed by atoms with Crippen LogP contribution < -0.4 is 0 Å². The highest BCUT2D eigenvalue weighted by Crippen LogP contribution is 2.22. The molecule has 1 heteroatoms.